The van der Waals surface area contributed by atoms with Crippen LogP contribution in [0.3, 0.4) is 0 Å². The van der Waals surface area contributed by atoms with Gasteiger partial charge in [-0.3, -0.25) is 0 Å². The zero-order valence-electron chi connectivity index (χ0n) is 9.14. The van der Waals surface area contributed by atoms with Crippen molar-refractivity contribution in [1.29, 1.82) is 0 Å². The van der Waals surface area contributed by atoms with Crippen LogP contribution in [0.4, 0.5) is 4.39 Å². The maximum absolute atomic E-state index is 12.7. The Morgan fingerprint density at radius 1 is 1.41 bits per heavy atom. The van der Waals surface area contributed by atoms with E-state index in [0.29, 0.717) is 11.3 Å². The van der Waals surface area contributed by atoms with Gasteiger partial charge in [0.15, 0.2) is 5.76 Å². The van der Waals surface area contributed by atoms with E-state index in [1.165, 1.54) is 18.3 Å². The number of rotatable bonds is 3. The number of nitrogens with zero attached hydrogens (tertiary/aromatic N) is 1. The first-order valence-corrected chi connectivity index (χ1v) is 5.09. The number of hydrogen-bond donors (Lipinski definition) is 0. The predicted molar refractivity (Wildman–Crippen MR) is 57.9 cm³/mol. The van der Waals surface area contributed by atoms with E-state index >= 15 is 0 Å². The van der Waals surface area contributed by atoms with Gasteiger partial charge in [0.2, 0.25) is 0 Å². The van der Waals surface area contributed by atoms with Gasteiger partial charge >= 0.3 is 11.9 Å². The first-order valence-electron chi connectivity index (χ1n) is 5.09. The Kier molecular flexibility index (Phi) is 3.18. The molecular formula is C12H10FNO3. The molecule has 0 unspecified atom stereocenters. The van der Waals surface area contributed by atoms with E-state index in [2.05, 4.69) is 4.98 Å². The number of benzene rings is 1. The second-order valence-electron chi connectivity index (χ2n) is 3.26. The van der Waals surface area contributed by atoms with Crippen molar-refractivity contribution in [1.82, 2.24) is 4.98 Å². The summed E-state index contributed by atoms with van der Waals surface area (Å²) in [4.78, 5) is 15.1. The molecule has 1 heterocycles. The molecule has 0 fully saturated rings. The molecule has 0 saturated carbocycles. The van der Waals surface area contributed by atoms with Crippen LogP contribution in [0.25, 0.3) is 11.3 Å². The summed E-state index contributed by atoms with van der Waals surface area (Å²) in [5.41, 5.74) is 0.648. The predicted octanol–water partition coefficient (Wildman–Crippen LogP) is 2.66. The number of esters is 1. The fourth-order valence-corrected chi connectivity index (χ4v) is 1.31. The summed E-state index contributed by atoms with van der Waals surface area (Å²) < 4.78 is 22.7. The minimum absolute atomic E-state index is 0.105. The smallest absolute Gasteiger partial charge is 0.394 e. The van der Waals surface area contributed by atoms with Crippen molar-refractivity contribution in [2.24, 2.45) is 0 Å². The number of oxazole rings is 1. The van der Waals surface area contributed by atoms with Crippen LogP contribution in [0.1, 0.15) is 17.6 Å². The molecule has 0 amide bonds. The van der Waals surface area contributed by atoms with E-state index in [1.807, 2.05) is 0 Å². The van der Waals surface area contributed by atoms with E-state index in [1.54, 1.807) is 19.1 Å². The highest BCUT2D eigenvalue weighted by atomic mass is 19.1. The third kappa shape index (κ3) is 2.50. The number of halogens is 1. The van der Waals surface area contributed by atoms with Crippen molar-refractivity contribution < 1.29 is 18.3 Å². The first-order chi connectivity index (χ1) is 8.20. The Morgan fingerprint density at radius 2 is 2.12 bits per heavy atom. The van der Waals surface area contributed by atoms with Crippen LogP contribution < -0.4 is 0 Å². The zero-order chi connectivity index (χ0) is 12.3. The zero-order valence-corrected chi connectivity index (χ0v) is 9.14. The summed E-state index contributed by atoms with van der Waals surface area (Å²) in [7, 11) is 0. The average Bonchev–Trinajstić information content (AvgIpc) is 2.80. The molecule has 0 aliphatic carbocycles. The van der Waals surface area contributed by atoms with Gasteiger partial charge < -0.3 is 9.15 Å². The summed E-state index contributed by atoms with van der Waals surface area (Å²) in [6.45, 7) is 1.95. The SMILES string of the molecule is CCOC(=O)c1ncc(-c2ccc(F)cc2)o1. The molecule has 2 aromatic rings. The van der Waals surface area contributed by atoms with E-state index in [4.69, 9.17) is 9.15 Å². The summed E-state index contributed by atoms with van der Waals surface area (Å²) in [6.07, 6.45) is 1.40. The Bertz CT molecular complexity index is 519. The van der Waals surface area contributed by atoms with Crippen LogP contribution in [0, 0.1) is 5.82 Å². The van der Waals surface area contributed by atoms with Gasteiger partial charge in [-0.25, -0.2) is 14.2 Å². The van der Waals surface area contributed by atoms with Crippen molar-refractivity contribution in [3.8, 4) is 11.3 Å². The van der Waals surface area contributed by atoms with Crippen molar-refractivity contribution in [2.75, 3.05) is 6.61 Å². The molecule has 0 aliphatic rings. The van der Waals surface area contributed by atoms with Crippen LogP contribution >= 0.6 is 0 Å². The van der Waals surface area contributed by atoms with Crippen LogP contribution in [0.2, 0.25) is 0 Å². The maximum atomic E-state index is 12.7. The third-order valence-electron chi connectivity index (χ3n) is 2.08. The molecule has 0 saturated heterocycles. The topological polar surface area (TPSA) is 52.3 Å². The van der Waals surface area contributed by atoms with Crippen molar-refractivity contribution >= 4 is 5.97 Å². The monoisotopic (exact) mass is 235 g/mol. The van der Waals surface area contributed by atoms with Gasteiger partial charge in [0, 0.05) is 5.56 Å². The number of ether oxygens (including phenoxy) is 1. The normalized spacial score (nSPS) is 10.2. The molecule has 88 valence electrons. The van der Waals surface area contributed by atoms with Crippen molar-refractivity contribution in [3.05, 3.63) is 42.2 Å². The summed E-state index contributed by atoms with van der Waals surface area (Å²) in [5, 5.41) is 0. The molecule has 0 atom stereocenters. The lowest BCUT2D eigenvalue weighted by molar-refractivity contribution is 0.0482. The lowest BCUT2D eigenvalue weighted by Gasteiger charge is -1.96. The Hall–Kier alpha value is -2.17. The lowest BCUT2D eigenvalue weighted by atomic mass is 10.2. The quantitative estimate of drug-likeness (QED) is 0.767. The van der Waals surface area contributed by atoms with E-state index in [9.17, 15) is 9.18 Å². The van der Waals surface area contributed by atoms with Crippen LogP contribution in [-0.2, 0) is 4.74 Å². The van der Waals surface area contributed by atoms with Gasteiger partial charge in [-0.1, -0.05) is 0 Å². The fraction of sp³-hybridized carbons (Fsp3) is 0.167. The number of hydrogen-bond acceptors (Lipinski definition) is 4. The molecule has 0 N–H and O–H groups in total. The number of carbonyl (C=O) groups is 1. The highest BCUT2D eigenvalue weighted by Gasteiger charge is 2.14. The van der Waals surface area contributed by atoms with Crippen LogP contribution in [0.15, 0.2) is 34.9 Å². The molecular weight excluding hydrogens is 225 g/mol. The lowest BCUT2D eigenvalue weighted by Crippen LogP contribution is -2.04. The molecule has 5 heteroatoms. The summed E-state index contributed by atoms with van der Waals surface area (Å²) in [5.74, 6) is -0.654. The molecule has 0 spiro atoms. The van der Waals surface area contributed by atoms with Gasteiger partial charge in [0.05, 0.1) is 12.8 Å². The standard InChI is InChI=1S/C12H10FNO3/c1-2-16-12(15)11-14-7-10(17-11)8-3-5-9(13)6-4-8/h3-7H,2H2,1H3. The second kappa shape index (κ2) is 4.78. The molecule has 4 nitrogen and oxygen atoms in total. The largest absolute Gasteiger partial charge is 0.459 e. The van der Waals surface area contributed by atoms with Crippen molar-refractivity contribution in [3.63, 3.8) is 0 Å². The van der Waals surface area contributed by atoms with E-state index < -0.39 is 5.97 Å². The average molecular weight is 235 g/mol. The molecule has 0 radical (unpaired) electrons. The van der Waals surface area contributed by atoms with Gasteiger partial charge in [0.1, 0.15) is 5.82 Å². The fourth-order valence-electron chi connectivity index (χ4n) is 1.31. The molecule has 1 aromatic carbocycles. The highest BCUT2D eigenvalue weighted by Crippen LogP contribution is 2.20. The van der Waals surface area contributed by atoms with E-state index in [-0.39, 0.29) is 18.3 Å². The van der Waals surface area contributed by atoms with Crippen LogP contribution in [-0.4, -0.2) is 17.6 Å². The van der Waals surface area contributed by atoms with Gasteiger partial charge in [-0.05, 0) is 31.2 Å². The summed E-state index contributed by atoms with van der Waals surface area (Å²) >= 11 is 0. The molecule has 2 rings (SSSR count). The third-order valence-corrected chi connectivity index (χ3v) is 2.08. The minimum atomic E-state index is -0.610. The van der Waals surface area contributed by atoms with Gasteiger partial charge in [-0.15, -0.1) is 0 Å². The van der Waals surface area contributed by atoms with E-state index in [0.717, 1.165) is 0 Å². The molecule has 1 aromatic heterocycles. The Morgan fingerprint density at radius 3 is 2.76 bits per heavy atom. The van der Waals surface area contributed by atoms with Gasteiger partial charge in [-0.2, -0.15) is 0 Å². The molecule has 0 aliphatic heterocycles. The van der Waals surface area contributed by atoms with Crippen molar-refractivity contribution in [2.45, 2.75) is 6.92 Å². The summed E-state index contributed by atoms with van der Waals surface area (Å²) in [6, 6.07) is 5.71. The Labute approximate surface area is 97.0 Å². The maximum Gasteiger partial charge on any atom is 0.394 e. The van der Waals surface area contributed by atoms with Gasteiger partial charge in [0.25, 0.3) is 0 Å². The Balaban J connectivity index is 2.23. The number of aromatic nitrogens is 1. The second-order valence-corrected chi connectivity index (χ2v) is 3.26. The molecule has 17 heavy (non-hydrogen) atoms. The first kappa shape index (κ1) is 11.3. The minimum Gasteiger partial charge on any atom is -0.459 e. The molecule has 0 bridgehead atoms. The van der Waals surface area contributed by atoms with Crippen LogP contribution in [0.5, 0.6) is 0 Å². The number of carbonyl (C=O) groups excluding carboxylic acids is 1. The highest BCUT2D eigenvalue weighted by molar-refractivity contribution is 5.84.